The molecule has 8 heteroatoms. The van der Waals surface area contributed by atoms with Crippen LogP contribution < -0.4 is 10.3 Å². The second kappa shape index (κ2) is 5.19. The Balaban J connectivity index is 2.13. The van der Waals surface area contributed by atoms with Crippen molar-refractivity contribution in [3.63, 3.8) is 0 Å². The Bertz CT molecular complexity index is 560. The van der Waals surface area contributed by atoms with Crippen molar-refractivity contribution in [3.8, 4) is 0 Å². The molecule has 1 aliphatic rings. The first kappa shape index (κ1) is 13.2. The molecule has 2 heterocycles. The lowest BCUT2D eigenvalue weighted by Crippen LogP contribution is -2.52. The number of pyridine rings is 1. The van der Waals surface area contributed by atoms with Gasteiger partial charge in [0.15, 0.2) is 0 Å². The predicted molar refractivity (Wildman–Crippen MR) is 66.5 cm³/mol. The molecule has 18 heavy (non-hydrogen) atoms. The van der Waals surface area contributed by atoms with Crippen LogP contribution in [0.3, 0.4) is 0 Å². The Morgan fingerprint density at radius 1 is 1.28 bits per heavy atom. The highest BCUT2D eigenvalue weighted by molar-refractivity contribution is 7.89. The number of H-pyrrole nitrogens is 1. The van der Waals surface area contributed by atoms with Gasteiger partial charge in [-0.05, 0) is 7.05 Å². The number of nitrogens with one attached hydrogen (secondary N) is 2. The normalized spacial score (nSPS) is 18.9. The van der Waals surface area contributed by atoms with Crippen molar-refractivity contribution in [2.24, 2.45) is 0 Å². The summed E-state index contributed by atoms with van der Waals surface area (Å²) in [5.41, 5.74) is -0.518. The number of hydrazine groups is 1. The Morgan fingerprint density at radius 3 is 2.56 bits per heavy atom. The van der Waals surface area contributed by atoms with Gasteiger partial charge in [0, 0.05) is 44.6 Å². The molecule has 1 aromatic heterocycles. The van der Waals surface area contributed by atoms with Crippen LogP contribution in [0.15, 0.2) is 28.2 Å². The summed E-state index contributed by atoms with van der Waals surface area (Å²) in [6.45, 7) is 2.77. The van der Waals surface area contributed by atoms with Gasteiger partial charge < -0.3 is 9.88 Å². The zero-order valence-corrected chi connectivity index (χ0v) is 10.9. The monoisotopic (exact) mass is 272 g/mol. The van der Waals surface area contributed by atoms with E-state index in [0.29, 0.717) is 13.1 Å². The number of hydrogen-bond acceptors (Lipinski definition) is 5. The predicted octanol–water partition coefficient (Wildman–Crippen LogP) is -1.18. The molecule has 0 atom stereocenters. The van der Waals surface area contributed by atoms with Crippen molar-refractivity contribution in [2.75, 3.05) is 33.2 Å². The maximum Gasteiger partial charge on any atom is 0.258 e. The molecule has 0 spiro atoms. The average molecular weight is 272 g/mol. The minimum atomic E-state index is -3.79. The molecule has 2 N–H and O–H groups in total. The van der Waals surface area contributed by atoms with Gasteiger partial charge in [0.1, 0.15) is 4.90 Å². The lowest BCUT2D eigenvalue weighted by atomic mass is 10.4. The van der Waals surface area contributed by atoms with Crippen molar-refractivity contribution >= 4 is 10.0 Å². The summed E-state index contributed by atoms with van der Waals surface area (Å²) in [4.78, 5) is 18.4. The SMILES string of the molecule is CN1CCN(NS(=O)(=O)c2c[nH]ccc2=O)CC1. The number of likely N-dealkylation sites (N-methyl/N-ethyl adjacent to an activating group) is 1. The first-order valence-corrected chi connectivity index (χ1v) is 7.10. The molecule has 100 valence electrons. The molecular weight excluding hydrogens is 256 g/mol. The third-order valence-corrected chi connectivity index (χ3v) is 4.23. The fourth-order valence-electron chi connectivity index (χ4n) is 1.73. The summed E-state index contributed by atoms with van der Waals surface area (Å²) in [5, 5.41) is 1.61. The highest BCUT2D eigenvalue weighted by atomic mass is 32.2. The van der Waals surface area contributed by atoms with Gasteiger partial charge in [0.2, 0.25) is 5.43 Å². The van der Waals surface area contributed by atoms with E-state index in [9.17, 15) is 13.2 Å². The van der Waals surface area contributed by atoms with Gasteiger partial charge in [-0.2, -0.15) is 0 Å². The Kier molecular flexibility index (Phi) is 3.81. The van der Waals surface area contributed by atoms with E-state index in [2.05, 4.69) is 14.7 Å². The second-order valence-electron chi connectivity index (χ2n) is 4.26. The molecule has 7 nitrogen and oxygen atoms in total. The first-order valence-electron chi connectivity index (χ1n) is 5.62. The molecule has 1 saturated heterocycles. The largest absolute Gasteiger partial charge is 0.366 e. The van der Waals surface area contributed by atoms with E-state index in [-0.39, 0.29) is 4.90 Å². The van der Waals surface area contributed by atoms with E-state index in [0.717, 1.165) is 13.1 Å². The standard InChI is InChI=1S/C10H16N4O3S/c1-13-4-6-14(7-5-13)12-18(16,17)10-8-11-3-2-9(10)15/h2-3,8,12H,4-7H2,1H3,(H,11,15). The van der Waals surface area contributed by atoms with Gasteiger partial charge in [-0.1, -0.05) is 0 Å². The number of hydrogen-bond donors (Lipinski definition) is 2. The Hall–Kier alpha value is -1.22. The van der Waals surface area contributed by atoms with E-state index in [1.165, 1.54) is 18.5 Å². The van der Waals surface area contributed by atoms with Gasteiger partial charge in [-0.25, -0.2) is 13.4 Å². The maximum absolute atomic E-state index is 12.0. The van der Waals surface area contributed by atoms with Crippen LogP contribution in [-0.4, -0.2) is 56.5 Å². The highest BCUT2D eigenvalue weighted by Gasteiger charge is 2.23. The van der Waals surface area contributed by atoms with Crippen LogP contribution in [0.4, 0.5) is 0 Å². The van der Waals surface area contributed by atoms with Crippen molar-refractivity contribution in [2.45, 2.75) is 4.90 Å². The molecule has 1 aromatic rings. The second-order valence-corrected chi connectivity index (χ2v) is 5.89. The quantitative estimate of drug-likeness (QED) is 0.723. The minimum absolute atomic E-state index is 0.260. The summed E-state index contributed by atoms with van der Waals surface area (Å²) in [6, 6.07) is 1.19. The lowest BCUT2D eigenvalue weighted by Gasteiger charge is -2.31. The maximum atomic E-state index is 12.0. The molecule has 0 aromatic carbocycles. The molecular formula is C10H16N4O3S. The molecule has 1 fully saturated rings. The highest BCUT2D eigenvalue weighted by Crippen LogP contribution is 2.03. The van der Waals surface area contributed by atoms with Gasteiger partial charge in [0.25, 0.3) is 10.0 Å². The Morgan fingerprint density at radius 2 is 1.94 bits per heavy atom. The molecule has 0 radical (unpaired) electrons. The van der Waals surface area contributed by atoms with Crippen LogP contribution in [0.2, 0.25) is 0 Å². The third kappa shape index (κ3) is 2.96. The number of rotatable bonds is 3. The van der Waals surface area contributed by atoms with Crippen LogP contribution in [0.25, 0.3) is 0 Å². The van der Waals surface area contributed by atoms with Crippen LogP contribution >= 0.6 is 0 Å². The van der Waals surface area contributed by atoms with E-state index in [1.807, 2.05) is 7.05 Å². The van der Waals surface area contributed by atoms with Crippen LogP contribution in [-0.2, 0) is 10.0 Å². The molecule has 0 bridgehead atoms. The summed E-state index contributed by atoms with van der Waals surface area (Å²) in [7, 11) is -1.81. The van der Waals surface area contributed by atoms with Crippen molar-refractivity contribution < 1.29 is 8.42 Å². The molecule has 0 unspecified atom stereocenters. The number of piperazine rings is 1. The zero-order chi connectivity index (χ0) is 13.2. The topological polar surface area (TPSA) is 85.5 Å². The molecule has 0 saturated carbocycles. The number of aromatic amines is 1. The molecule has 0 aliphatic carbocycles. The van der Waals surface area contributed by atoms with E-state index in [4.69, 9.17) is 0 Å². The molecule has 1 aliphatic heterocycles. The first-order chi connectivity index (χ1) is 8.49. The summed E-state index contributed by atoms with van der Waals surface area (Å²) >= 11 is 0. The van der Waals surface area contributed by atoms with E-state index in [1.54, 1.807) is 5.01 Å². The van der Waals surface area contributed by atoms with Crippen LogP contribution in [0.1, 0.15) is 0 Å². The fourth-order valence-corrected chi connectivity index (χ4v) is 2.90. The van der Waals surface area contributed by atoms with Crippen LogP contribution in [0.5, 0.6) is 0 Å². The van der Waals surface area contributed by atoms with Gasteiger partial charge in [-0.3, -0.25) is 4.79 Å². The van der Waals surface area contributed by atoms with E-state index < -0.39 is 15.5 Å². The van der Waals surface area contributed by atoms with Gasteiger partial charge >= 0.3 is 0 Å². The number of sulfonamides is 1. The third-order valence-electron chi connectivity index (χ3n) is 2.83. The van der Waals surface area contributed by atoms with Gasteiger partial charge in [-0.15, -0.1) is 4.83 Å². The summed E-state index contributed by atoms with van der Waals surface area (Å²) in [6.07, 6.45) is 2.60. The summed E-state index contributed by atoms with van der Waals surface area (Å²) in [5.74, 6) is 0. The molecule has 0 amide bonds. The Labute approximate surface area is 105 Å². The minimum Gasteiger partial charge on any atom is -0.366 e. The zero-order valence-electron chi connectivity index (χ0n) is 10.1. The fraction of sp³-hybridized carbons (Fsp3) is 0.500. The molecule has 2 rings (SSSR count). The van der Waals surface area contributed by atoms with Crippen molar-refractivity contribution in [1.82, 2.24) is 19.7 Å². The van der Waals surface area contributed by atoms with Gasteiger partial charge in [0.05, 0.1) is 0 Å². The number of nitrogens with zero attached hydrogens (tertiary/aromatic N) is 2. The lowest BCUT2D eigenvalue weighted by molar-refractivity contribution is 0.135. The van der Waals surface area contributed by atoms with E-state index >= 15 is 0 Å². The van der Waals surface area contributed by atoms with Crippen LogP contribution in [0, 0.1) is 0 Å². The average Bonchev–Trinajstić information content (AvgIpc) is 2.32. The van der Waals surface area contributed by atoms with Crippen molar-refractivity contribution in [3.05, 3.63) is 28.7 Å². The summed E-state index contributed by atoms with van der Waals surface area (Å²) < 4.78 is 24.0. The number of aromatic nitrogens is 1. The smallest absolute Gasteiger partial charge is 0.258 e. The van der Waals surface area contributed by atoms with Crippen molar-refractivity contribution in [1.29, 1.82) is 0 Å².